The SMILES string of the molecule is COCCCN1CCN(Cc2ccc(/C=C/c3n[nH]c4ccccc34)c(N)c2)CC1. The van der Waals surface area contributed by atoms with Crippen molar-refractivity contribution in [2.45, 2.75) is 13.0 Å². The van der Waals surface area contributed by atoms with E-state index in [0.29, 0.717) is 0 Å². The molecule has 2 heterocycles. The van der Waals surface area contributed by atoms with Gasteiger partial charge in [0.2, 0.25) is 0 Å². The van der Waals surface area contributed by atoms with Gasteiger partial charge in [0.25, 0.3) is 0 Å². The van der Waals surface area contributed by atoms with Crippen molar-refractivity contribution < 1.29 is 4.74 Å². The topological polar surface area (TPSA) is 70.4 Å². The Hall–Kier alpha value is -2.67. The Bertz CT molecular complexity index is 988. The highest BCUT2D eigenvalue weighted by Gasteiger charge is 2.16. The number of anilines is 1. The van der Waals surface area contributed by atoms with Crippen LogP contribution in [-0.2, 0) is 11.3 Å². The number of H-pyrrole nitrogens is 1. The molecule has 4 rings (SSSR count). The van der Waals surface area contributed by atoms with E-state index >= 15 is 0 Å². The van der Waals surface area contributed by atoms with Crippen LogP contribution in [0, 0.1) is 0 Å². The summed E-state index contributed by atoms with van der Waals surface area (Å²) in [6.07, 6.45) is 5.17. The number of nitrogens with two attached hydrogens (primary N) is 1. The average Bonchev–Trinajstić information content (AvgIpc) is 3.18. The van der Waals surface area contributed by atoms with Crippen molar-refractivity contribution >= 4 is 28.7 Å². The number of nitrogens with one attached hydrogen (secondary N) is 1. The third-order valence-corrected chi connectivity index (χ3v) is 5.77. The molecule has 30 heavy (non-hydrogen) atoms. The van der Waals surface area contributed by atoms with Gasteiger partial charge in [0, 0.05) is 64.1 Å². The second-order valence-corrected chi connectivity index (χ2v) is 7.92. The molecule has 6 heteroatoms. The fraction of sp³-hybridized carbons (Fsp3) is 0.375. The van der Waals surface area contributed by atoms with Crippen LogP contribution < -0.4 is 5.73 Å². The number of aromatic nitrogens is 2. The highest BCUT2D eigenvalue weighted by molar-refractivity contribution is 5.90. The lowest BCUT2D eigenvalue weighted by Crippen LogP contribution is -2.46. The van der Waals surface area contributed by atoms with Gasteiger partial charge in [-0.2, -0.15) is 5.10 Å². The summed E-state index contributed by atoms with van der Waals surface area (Å²) >= 11 is 0. The summed E-state index contributed by atoms with van der Waals surface area (Å²) in [5.74, 6) is 0. The molecule has 1 saturated heterocycles. The summed E-state index contributed by atoms with van der Waals surface area (Å²) in [7, 11) is 1.77. The van der Waals surface area contributed by atoms with E-state index < -0.39 is 0 Å². The molecule has 0 radical (unpaired) electrons. The second kappa shape index (κ2) is 9.89. The lowest BCUT2D eigenvalue weighted by molar-refractivity contribution is 0.113. The number of benzene rings is 2. The van der Waals surface area contributed by atoms with Gasteiger partial charge < -0.3 is 15.4 Å². The number of hydrogen-bond acceptors (Lipinski definition) is 5. The summed E-state index contributed by atoms with van der Waals surface area (Å²) in [5.41, 5.74) is 11.4. The Kier molecular flexibility index (Phi) is 6.79. The maximum atomic E-state index is 6.35. The van der Waals surface area contributed by atoms with Gasteiger partial charge >= 0.3 is 0 Å². The normalized spacial score (nSPS) is 16.0. The summed E-state index contributed by atoms with van der Waals surface area (Å²) in [6, 6.07) is 14.5. The van der Waals surface area contributed by atoms with Gasteiger partial charge in [-0.15, -0.1) is 0 Å². The number of fused-ring (bicyclic) bond motifs is 1. The van der Waals surface area contributed by atoms with E-state index in [1.807, 2.05) is 30.4 Å². The second-order valence-electron chi connectivity index (χ2n) is 7.92. The minimum atomic E-state index is 0.807. The predicted molar refractivity (Wildman–Crippen MR) is 124 cm³/mol. The Labute approximate surface area is 178 Å². The molecule has 1 aromatic heterocycles. The molecule has 3 aromatic rings. The molecule has 158 valence electrons. The highest BCUT2D eigenvalue weighted by Crippen LogP contribution is 2.21. The molecule has 0 spiro atoms. The van der Waals surface area contributed by atoms with E-state index in [1.54, 1.807) is 7.11 Å². The van der Waals surface area contributed by atoms with Gasteiger partial charge in [0.15, 0.2) is 0 Å². The molecule has 0 saturated carbocycles. The number of nitrogens with zero attached hydrogens (tertiary/aromatic N) is 3. The summed E-state index contributed by atoms with van der Waals surface area (Å²) in [4.78, 5) is 5.03. The van der Waals surface area contributed by atoms with Gasteiger partial charge in [-0.05, 0) is 35.8 Å². The summed E-state index contributed by atoms with van der Waals surface area (Å²) < 4.78 is 5.15. The number of ether oxygens (including phenoxy) is 1. The van der Waals surface area contributed by atoms with E-state index in [0.717, 1.165) is 80.1 Å². The first-order valence-corrected chi connectivity index (χ1v) is 10.7. The number of nitrogen functional groups attached to an aromatic ring is 1. The number of rotatable bonds is 8. The number of para-hydroxylation sites is 1. The van der Waals surface area contributed by atoms with E-state index in [1.165, 1.54) is 5.56 Å². The highest BCUT2D eigenvalue weighted by atomic mass is 16.5. The van der Waals surface area contributed by atoms with E-state index in [-0.39, 0.29) is 0 Å². The number of methoxy groups -OCH3 is 1. The Balaban J connectivity index is 1.33. The van der Waals surface area contributed by atoms with Crippen molar-refractivity contribution in [2.75, 3.05) is 52.2 Å². The van der Waals surface area contributed by atoms with Crippen molar-refractivity contribution in [3.05, 3.63) is 59.3 Å². The molecule has 2 aromatic carbocycles. The van der Waals surface area contributed by atoms with Crippen LogP contribution in [0.3, 0.4) is 0 Å². The first kappa shape index (κ1) is 20.6. The average molecular weight is 406 g/mol. The van der Waals surface area contributed by atoms with Crippen LogP contribution >= 0.6 is 0 Å². The number of hydrogen-bond donors (Lipinski definition) is 2. The van der Waals surface area contributed by atoms with Gasteiger partial charge in [-0.1, -0.05) is 36.4 Å². The largest absolute Gasteiger partial charge is 0.398 e. The molecule has 1 aliphatic rings. The smallest absolute Gasteiger partial charge is 0.0927 e. The van der Waals surface area contributed by atoms with Crippen LogP contribution in [0.1, 0.15) is 23.2 Å². The fourth-order valence-electron chi connectivity index (χ4n) is 4.02. The summed E-state index contributed by atoms with van der Waals surface area (Å²) in [5, 5.41) is 8.57. The van der Waals surface area contributed by atoms with E-state index in [2.05, 4.69) is 44.3 Å². The molecule has 0 aliphatic carbocycles. The van der Waals surface area contributed by atoms with Crippen molar-refractivity contribution in [3.8, 4) is 0 Å². The standard InChI is InChI=1S/C24H31N5O/c1-30-16-4-11-28-12-14-29(15-13-28)18-19-7-8-20(22(25)17-19)9-10-24-21-5-2-3-6-23(21)26-27-24/h2-3,5-10,17H,4,11-16,18,25H2,1H3,(H,26,27)/b10-9+. The van der Waals surface area contributed by atoms with Crippen LogP contribution in [0.15, 0.2) is 42.5 Å². The van der Waals surface area contributed by atoms with Crippen LogP contribution in [0.4, 0.5) is 5.69 Å². The maximum absolute atomic E-state index is 6.35. The van der Waals surface area contributed by atoms with Crippen LogP contribution in [0.25, 0.3) is 23.1 Å². The Morgan fingerprint density at radius 2 is 1.87 bits per heavy atom. The maximum Gasteiger partial charge on any atom is 0.0927 e. The van der Waals surface area contributed by atoms with E-state index in [9.17, 15) is 0 Å². The van der Waals surface area contributed by atoms with Gasteiger partial charge in [0.1, 0.15) is 0 Å². The van der Waals surface area contributed by atoms with Crippen LogP contribution in [-0.4, -0.2) is 66.4 Å². The Morgan fingerprint density at radius 1 is 1.07 bits per heavy atom. The van der Waals surface area contributed by atoms with E-state index in [4.69, 9.17) is 10.5 Å². The number of aromatic amines is 1. The zero-order chi connectivity index (χ0) is 20.8. The zero-order valence-corrected chi connectivity index (χ0v) is 17.7. The number of piperazine rings is 1. The molecule has 0 amide bonds. The van der Waals surface area contributed by atoms with Gasteiger partial charge in [-0.25, -0.2) is 0 Å². The van der Waals surface area contributed by atoms with Crippen molar-refractivity contribution in [2.24, 2.45) is 0 Å². The quantitative estimate of drug-likeness (QED) is 0.444. The first-order valence-electron chi connectivity index (χ1n) is 10.7. The Morgan fingerprint density at radius 3 is 2.67 bits per heavy atom. The van der Waals surface area contributed by atoms with Gasteiger partial charge in [-0.3, -0.25) is 10.00 Å². The lowest BCUT2D eigenvalue weighted by Gasteiger charge is -2.34. The lowest BCUT2D eigenvalue weighted by atomic mass is 10.1. The third kappa shape index (κ3) is 5.08. The summed E-state index contributed by atoms with van der Waals surface area (Å²) in [6.45, 7) is 7.36. The first-order chi connectivity index (χ1) is 14.7. The minimum Gasteiger partial charge on any atom is -0.398 e. The third-order valence-electron chi connectivity index (χ3n) is 5.77. The predicted octanol–water partition coefficient (Wildman–Crippen LogP) is 3.47. The molecular weight excluding hydrogens is 374 g/mol. The molecule has 3 N–H and O–H groups in total. The minimum absolute atomic E-state index is 0.807. The monoisotopic (exact) mass is 405 g/mol. The molecule has 6 nitrogen and oxygen atoms in total. The fourth-order valence-corrected chi connectivity index (χ4v) is 4.02. The molecule has 1 aliphatic heterocycles. The van der Waals surface area contributed by atoms with Crippen molar-refractivity contribution in [3.63, 3.8) is 0 Å². The van der Waals surface area contributed by atoms with Crippen molar-refractivity contribution in [1.29, 1.82) is 0 Å². The molecule has 0 bridgehead atoms. The molecule has 0 unspecified atom stereocenters. The zero-order valence-electron chi connectivity index (χ0n) is 17.7. The van der Waals surface area contributed by atoms with Gasteiger partial charge in [0.05, 0.1) is 11.2 Å². The van der Waals surface area contributed by atoms with Crippen LogP contribution in [0.5, 0.6) is 0 Å². The van der Waals surface area contributed by atoms with Crippen LogP contribution in [0.2, 0.25) is 0 Å². The molecule has 1 fully saturated rings. The van der Waals surface area contributed by atoms with Crippen molar-refractivity contribution in [1.82, 2.24) is 20.0 Å². The molecule has 0 atom stereocenters. The molecular formula is C24H31N5O.